The van der Waals surface area contributed by atoms with Gasteiger partial charge >= 0.3 is 5.97 Å². The van der Waals surface area contributed by atoms with Crippen LogP contribution in [0.4, 0.5) is 10.2 Å². The molecule has 0 aliphatic carbocycles. The third-order valence-corrected chi connectivity index (χ3v) is 7.89. The van der Waals surface area contributed by atoms with Crippen molar-refractivity contribution in [1.29, 1.82) is 0 Å². The number of aromatic nitrogens is 3. The maximum Gasteiger partial charge on any atom is 0.340 e. The van der Waals surface area contributed by atoms with Crippen LogP contribution in [0.3, 0.4) is 0 Å². The number of aryl methyl sites for hydroxylation is 1. The van der Waals surface area contributed by atoms with Crippen LogP contribution in [0.1, 0.15) is 80.9 Å². The van der Waals surface area contributed by atoms with Gasteiger partial charge in [0.05, 0.1) is 30.0 Å². The molecule has 1 N–H and O–H groups in total. The fraction of sp³-hybridized carbons (Fsp3) is 0.515. The minimum absolute atomic E-state index is 0.0918. The van der Waals surface area contributed by atoms with Gasteiger partial charge in [0.15, 0.2) is 17.4 Å². The molecule has 242 valence electrons. The molecule has 1 atom stereocenters. The largest absolute Gasteiger partial charge is 0.489 e. The highest BCUT2D eigenvalue weighted by Crippen LogP contribution is 2.38. The third-order valence-electron chi connectivity index (χ3n) is 7.89. The van der Waals surface area contributed by atoms with Crippen LogP contribution < -0.4 is 15.0 Å². The molecule has 5 heterocycles. The Bertz CT molecular complexity index is 1590. The van der Waals surface area contributed by atoms with Gasteiger partial charge in [-0.25, -0.2) is 14.2 Å². The highest BCUT2D eigenvalue weighted by Gasteiger charge is 2.38. The monoisotopic (exact) mass is 623 g/mol. The maximum absolute atomic E-state index is 14.1. The fourth-order valence-corrected chi connectivity index (χ4v) is 5.57. The molecule has 1 amide bonds. The van der Waals surface area contributed by atoms with E-state index in [1.165, 1.54) is 12.1 Å². The van der Waals surface area contributed by atoms with Gasteiger partial charge in [0.2, 0.25) is 0 Å². The number of anilines is 1. The Labute approximate surface area is 262 Å². The van der Waals surface area contributed by atoms with E-state index in [0.29, 0.717) is 66.6 Å². The molecule has 4 bridgehead atoms. The van der Waals surface area contributed by atoms with Crippen LogP contribution >= 0.6 is 0 Å². The number of rotatable bonds is 4. The lowest BCUT2D eigenvalue weighted by Crippen LogP contribution is -2.45. The van der Waals surface area contributed by atoms with Crippen LogP contribution in [0.25, 0.3) is 5.65 Å². The van der Waals surface area contributed by atoms with Crippen LogP contribution in [0.15, 0.2) is 36.4 Å². The lowest BCUT2D eigenvalue weighted by molar-refractivity contribution is -0.166. The highest BCUT2D eigenvalue weighted by molar-refractivity contribution is 5.93. The average Bonchev–Trinajstić information content (AvgIpc) is 3.40. The first-order chi connectivity index (χ1) is 21.4. The van der Waals surface area contributed by atoms with Crippen LogP contribution in [0.2, 0.25) is 0 Å². The molecular weight excluding hydrogens is 581 g/mol. The normalized spacial score (nSPS) is 18.0. The van der Waals surface area contributed by atoms with Gasteiger partial charge in [-0.05, 0) is 66.5 Å². The van der Waals surface area contributed by atoms with E-state index in [1.807, 2.05) is 39.8 Å². The molecule has 1 unspecified atom stereocenters. The fourth-order valence-electron chi connectivity index (χ4n) is 5.57. The summed E-state index contributed by atoms with van der Waals surface area (Å²) in [6.07, 6.45) is 4.04. The number of hydrogen-bond acceptors (Lipinski definition) is 9. The van der Waals surface area contributed by atoms with E-state index in [2.05, 4.69) is 17.1 Å². The zero-order valence-corrected chi connectivity index (χ0v) is 26.8. The van der Waals surface area contributed by atoms with Crippen molar-refractivity contribution in [3.05, 3.63) is 64.7 Å². The molecule has 6 rings (SSSR count). The predicted molar refractivity (Wildman–Crippen MR) is 166 cm³/mol. The van der Waals surface area contributed by atoms with Crippen LogP contribution in [-0.2, 0) is 25.5 Å². The molecule has 45 heavy (non-hydrogen) atoms. The highest BCUT2D eigenvalue weighted by atomic mass is 19.1. The minimum atomic E-state index is -1.08. The number of nitrogens with one attached hydrogen (secondary N) is 1. The first-order valence-electron chi connectivity index (χ1n) is 15.4. The molecule has 3 aromatic rings. The summed E-state index contributed by atoms with van der Waals surface area (Å²) in [6.45, 7) is 13.4. The summed E-state index contributed by atoms with van der Waals surface area (Å²) in [4.78, 5) is 33.8. The number of nitrogens with zero attached hydrogens (tertiary/aromatic N) is 4. The van der Waals surface area contributed by atoms with Crippen molar-refractivity contribution in [3.8, 4) is 5.75 Å². The second-order valence-corrected chi connectivity index (χ2v) is 12.6. The van der Waals surface area contributed by atoms with E-state index < -0.39 is 29.4 Å². The number of carbonyl (C=O) groups is 2. The summed E-state index contributed by atoms with van der Waals surface area (Å²) < 4.78 is 39.6. The Kier molecular flexibility index (Phi) is 9.45. The van der Waals surface area contributed by atoms with Gasteiger partial charge in [-0.1, -0.05) is 12.1 Å². The molecule has 3 aliphatic rings. The second-order valence-electron chi connectivity index (χ2n) is 12.6. The average molecular weight is 624 g/mol. The minimum Gasteiger partial charge on any atom is -0.489 e. The molecule has 12 heteroatoms. The SMILES string of the molecule is CCOC(=O)C(OC(C)(C)C)c1c(C)nc2cc3nn2c1N1CCC(C)(CC1)OCC=CCOc1cc(F)ccc1CNC3=O. The van der Waals surface area contributed by atoms with Gasteiger partial charge in [-0.15, -0.1) is 0 Å². The first-order valence-corrected chi connectivity index (χ1v) is 15.4. The molecule has 0 spiro atoms. The summed E-state index contributed by atoms with van der Waals surface area (Å²) in [7, 11) is 0. The van der Waals surface area contributed by atoms with E-state index in [0.717, 1.165) is 0 Å². The van der Waals surface area contributed by atoms with Gasteiger partial charge in [-0.3, -0.25) is 4.79 Å². The Balaban J connectivity index is 1.63. The number of halogens is 1. The molecule has 3 aliphatic heterocycles. The van der Waals surface area contributed by atoms with E-state index >= 15 is 0 Å². The van der Waals surface area contributed by atoms with E-state index in [-0.39, 0.29) is 31.1 Å². The van der Waals surface area contributed by atoms with E-state index in [9.17, 15) is 14.0 Å². The number of carbonyl (C=O) groups excluding carboxylic acids is 2. The van der Waals surface area contributed by atoms with Crippen molar-refractivity contribution in [3.63, 3.8) is 0 Å². The van der Waals surface area contributed by atoms with Crippen molar-refractivity contribution in [1.82, 2.24) is 19.9 Å². The topological polar surface area (TPSA) is 117 Å². The molecule has 1 saturated heterocycles. The Hall–Kier alpha value is -4.03. The molecule has 1 fully saturated rings. The number of ether oxygens (including phenoxy) is 4. The number of esters is 1. The molecule has 0 radical (unpaired) electrons. The van der Waals surface area contributed by atoms with Gasteiger partial charge in [0.25, 0.3) is 5.91 Å². The second kappa shape index (κ2) is 13.1. The molecule has 1 aromatic carbocycles. The van der Waals surface area contributed by atoms with Crippen LogP contribution in [0, 0.1) is 12.7 Å². The molecule has 2 aromatic heterocycles. The van der Waals surface area contributed by atoms with E-state index in [1.54, 1.807) is 23.6 Å². The summed E-state index contributed by atoms with van der Waals surface area (Å²) in [6, 6.07) is 5.81. The van der Waals surface area contributed by atoms with E-state index in [4.69, 9.17) is 29.0 Å². The van der Waals surface area contributed by atoms with Gasteiger partial charge < -0.3 is 29.2 Å². The van der Waals surface area contributed by atoms with Crippen molar-refractivity contribution in [2.45, 2.75) is 78.2 Å². The summed E-state index contributed by atoms with van der Waals surface area (Å²) in [5, 5.41) is 7.57. The Morgan fingerprint density at radius 1 is 1.18 bits per heavy atom. The maximum atomic E-state index is 14.1. The van der Waals surface area contributed by atoms with Gasteiger partial charge in [0, 0.05) is 43.0 Å². The summed E-state index contributed by atoms with van der Waals surface area (Å²) in [5.41, 5.74) is 1.24. The standard InChI is InChI=1S/C33H42FN5O6/c1-7-42-31(41)28(45-32(3,4)5)27-21(2)36-26-19-24-29(40)35-20-22-10-11-23(34)18-25(22)43-16-8-9-17-44-33(6)12-14-38(15-13-33)30(27)39(26)37-24/h8-11,18-19,28H,7,12-17,20H2,1-6H3,(H,35,40). The third kappa shape index (κ3) is 7.45. The Morgan fingerprint density at radius 2 is 1.91 bits per heavy atom. The first kappa shape index (κ1) is 32.4. The van der Waals surface area contributed by atoms with Crippen molar-refractivity contribution in [2.24, 2.45) is 0 Å². The van der Waals surface area contributed by atoms with Crippen molar-refractivity contribution >= 4 is 23.3 Å². The lowest BCUT2D eigenvalue weighted by Gasteiger charge is -2.41. The zero-order chi connectivity index (χ0) is 32.4. The van der Waals surface area contributed by atoms with Crippen LogP contribution in [0.5, 0.6) is 5.75 Å². The van der Waals surface area contributed by atoms with Gasteiger partial charge in [-0.2, -0.15) is 9.61 Å². The van der Waals surface area contributed by atoms with Crippen molar-refractivity contribution < 1.29 is 32.9 Å². The Morgan fingerprint density at radius 3 is 2.62 bits per heavy atom. The molecular formula is C33H42FN5O6. The number of benzene rings is 1. The number of amides is 1. The smallest absolute Gasteiger partial charge is 0.340 e. The molecule has 11 nitrogen and oxygen atoms in total. The number of piperidine rings is 1. The number of fused-ring (bicyclic) bond motifs is 8. The van der Waals surface area contributed by atoms with Crippen LogP contribution in [-0.4, -0.2) is 70.6 Å². The van der Waals surface area contributed by atoms with Gasteiger partial charge in [0.1, 0.15) is 24.0 Å². The predicted octanol–water partition coefficient (Wildman–Crippen LogP) is 4.85. The lowest BCUT2D eigenvalue weighted by atomic mass is 9.92. The zero-order valence-electron chi connectivity index (χ0n) is 26.8. The summed E-state index contributed by atoms with van der Waals surface area (Å²) in [5.74, 6) is -0.450. The number of hydrogen-bond donors (Lipinski definition) is 1. The summed E-state index contributed by atoms with van der Waals surface area (Å²) >= 11 is 0. The van der Waals surface area contributed by atoms with Crippen molar-refractivity contribution in [2.75, 3.05) is 37.8 Å². The molecule has 0 saturated carbocycles. The quantitative estimate of drug-likeness (QED) is 0.322.